The van der Waals surface area contributed by atoms with Gasteiger partial charge >= 0.3 is 0 Å². The SMILES string of the molecule is CCNC(=NCCN1CCCS1(=O)=O)NC(C)c1ccc(C)c(F)c1. The fourth-order valence-corrected chi connectivity index (χ4v) is 4.22. The van der Waals surface area contributed by atoms with Gasteiger partial charge in [-0.05, 0) is 44.4 Å². The van der Waals surface area contributed by atoms with E-state index in [1.165, 1.54) is 10.4 Å². The second kappa shape index (κ2) is 8.62. The Labute approximate surface area is 149 Å². The number of sulfonamides is 1. The number of hydrogen-bond donors (Lipinski definition) is 2. The molecule has 1 aliphatic rings. The summed E-state index contributed by atoms with van der Waals surface area (Å²) in [5.41, 5.74) is 1.44. The maximum atomic E-state index is 13.7. The van der Waals surface area contributed by atoms with Crippen molar-refractivity contribution in [3.05, 3.63) is 35.1 Å². The van der Waals surface area contributed by atoms with E-state index in [9.17, 15) is 12.8 Å². The van der Waals surface area contributed by atoms with E-state index in [1.54, 1.807) is 13.0 Å². The zero-order chi connectivity index (χ0) is 18.4. The number of halogens is 1. The Bertz CT molecular complexity index is 721. The van der Waals surface area contributed by atoms with E-state index in [4.69, 9.17) is 0 Å². The summed E-state index contributed by atoms with van der Waals surface area (Å²) in [5, 5.41) is 6.36. The van der Waals surface area contributed by atoms with Crippen molar-refractivity contribution in [2.24, 2.45) is 4.99 Å². The summed E-state index contributed by atoms with van der Waals surface area (Å²) in [4.78, 5) is 4.44. The smallest absolute Gasteiger partial charge is 0.214 e. The molecule has 1 heterocycles. The van der Waals surface area contributed by atoms with Crippen LogP contribution in [0.3, 0.4) is 0 Å². The molecule has 25 heavy (non-hydrogen) atoms. The molecule has 1 aromatic carbocycles. The van der Waals surface area contributed by atoms with Crippen LogP contribution in [0.1, 0.15) is 37.4 Å². The number of guanidine groups is 1. The van der Waals surface area contributed by atoms with Gasteiger partial charge in [0.15, 0.2) is 5.96 Å². The lowest BCUT2D eigenvalue weighted by Crippen LogP contribution is -2.39. The van der Waals surface area contributed by atoms with E-state index >= 15 is 0 Å². The highest BCUT2D eigenvalue weighted by Gasteiger charge is 2.27. The Morgan fingerprint density at radius 3 is 2.80 bits per heavy atom. The molecule has 2 N–H and O–H groups in total. The molecule has 0 saturated carbocycles. The van der Waals surface area contributed by atoms with Gasteiger partial charge in [0.1, 0.15) is 5.82 Å². The van der Waals surface area contributed by atoms with Gasteiger partial charge in [0.2, 0.25) is 10.0 Å². The summed E-state index contributed by atoms with van der Waals surface area (Å²) in [7, 11) is -3.09. The van der Waals surface area contributed by atoms with Crippen LogP contribution in [0.5, 0.6) is 0 Å². The maximum Gasteiger partial charge on any atom is 0.214 e. The van der Waals surface area contributed by atoms with Crippen molar-refractivity contribution in [3.8, 4) is 0 Å². The molecule has 6 nitrogen and oxygen atoms in total. The number of nitrogens with zero attached hydrogens (tertiary/aromatic N) is 2. The number of hydrogen-bond acceptors (Lipinski definition) is 3. The lowest BCUT2D eigenvalue weighted by Gasteiger charge is -2.19. The Morgan fingerprint density at radius 2 is 2.20 bits per heavy atom. The topological polar surface area (TPSA) is 73.8 Å². The average Bonchev–Trinajstić information content (AvgIpc) is 2.89. The van der Waals surface area contributed by atoms with Crippen molar-refractivity contribution in [1.29, 1.82) is 0 Å². The van der Waals surface area contributed by atoms with Gasteiger partial charge < -0.3 is 10.6 Å². The molecule has 1 fully saturated rings. The Kier molecular flexibility index (Phi) is 6.78. The van der Waals surface area contributed by atoms with Gasteiger partial charge in [-0.3, -0.25) is 4.99 Å². The molecular weight excluding hydrogens is 343 g/mol. The fourth-order valence-electron chi connectivity index (χ4n) is 2.70. The molecule has 1 atom stereocenters. The quantitative estimate of drug-likeness (QED) is 0.591. The van der Waals surface area contributed by atoms with Crippen molar-refractivity contribution < 1.29 is 12.8 Å². The van der Waals surface area contributed by atoms with Crippen molar-refractivity contribution in [2.45, 2.75) is 33.2 Å². The van der Waals surface area contributed by atoms with Crippen LogP contribution in [-0.4, -0.2) is 50.6 Å². The van der Waals surface area contributed by atoms with Crippen LogP contribution in [0, 0.1) is 12.7 Å². The van der Waals surface area contributed by atoms with E-state index in [0.717, 1.165) is 5.56 Å². The van der Waals surface area contributed by atoms with Crippen molar-refractivity contribution in [2.75, 3.05) is 31.9 Å². The third kappa shape index (κ3) is 5.40. The molecule has 0 radical (unpaired) electrons. The summed E-state index contributed by atoms with van der Waals surface area (Å²) < 4.78 is 38.8. The maximum absolute atomic E-state index is 13.7. The average molecular weight is 370 g/mol. The van der Waals surface area contributed by atoms with Crippen LogP contribution >= 0.6 is 0 Å². The molecule has 2 rings (SSSR count). The first kappa shape index (κ1) is 19.7. The van der Waals surface area contributed by atoms with Gasteiger partial charge in [-0.2, -0.15) is 0 Å². The number of nitrogens with one attached hydrogen (secondary N) is 2. The van der Waals surface area contributed by atoms with Crippen LogP contribution in [-0.2, 0) is 10.0 Å². The van der Waals surface area contributed by atoms with E-state index in [1.807, 2.05) is 19.9 Å². The van der Waals surface area contributed by atoms with Crippen LogP contribution in [0.2, 0.25) is 0 Å². The monoisotopic (exact) mass is 370 g/mol. The number of rotatable bonds is 6. The summed E-state index contributed by atoms with van der Waals surface area (Å²) >= 11 is 0. The van der Waals surface area contributed by atoms with E-state index in [-0.39, 0.29) is 17.6 Å². The second-order valence-corrected chi connectivity index (χ2v) is 8.29. The minimum Gasteiger partial charge on any atom is -0.357 e. The predicted octanol–water partition coefficient (Wildman–Crippen LogP) is 1.79. The predicted molar refractivity (Wildman–Crippen MR) is 98.6 cm³/mol. The number of benzene rings is 1. The standard InChI is InChI=1S/C17H27FN4O2S/c1-4-19-17(20-8-10-22-9-5-11-25(22,23)24)21-14(3)15-7-6-13(2)16(18)12-15/h6-7,12,14H,4-5,8-11H2,1-3H3,(H2,19,20,21). The Hall–Kier alpha value is -1.67. The van der Waals surface area contributed by atoms with Gasteiger partial charge in [0, 0.05) is 19.6 Å². The lowest BCUT2D eigenvalue weighted by molar-refractivity contribution is 0.452. The number of aryl methyl sites for hydroxylation is 1. The Balaban J connectivity index is 1.97. The fraction of sp³-hybridized carbons (Fsp3) is 0.588. The second-order valence-electron chi connectivity index (χ2n) is 6.20. The normalized spacial score (nSPS) is 19.0. The lowest BCUT2D eigenvalue weighted by atomic mass is 10.1. The summed E-state index contributed by atoms with van der Waals surface area (Å²) in [5.74, 6) is 0.588. The van der Waals surface area contributed by atoms with E-state index in [0.29, 0.717) is 44.1 Å². The molecule has 8 heteroatoms. The molecule has 1 aromatic rings. The molecule has 1 saturated heterocycles. The molecule has 0 aromatic heterocycles. The van der Waals surface area contributed by atoms with Gasteiger partial charge in [-0.1, -0.05) is 12.1 Å². The highest BCUT2D eigenvalue weighted by Crippen LogP contribution is 2.16. The minimum atomic E-state index is -3.09. The molecule has 0 spiro atoms. The molecule has 140 valence electrons. The molecular formula is C17H27FN4O2S. The first-order valence-electron chi connectivity index (χ1n) is 8.62. The summed E-state index contributed by atoms with van der Waals surface area (Å²) in [6, 6.07) is 5.04. The van der Waals surface area contributed by atoms with Crippen molar-refractivity contribution in [3.63, 3.8) is 0 Å². The molecule has 1 aliphatic heterocycles. The first-order chi connectivity index (χ1) is 11.8. The molecule has 0 amide bonds. The van der Waals surface area contributed by atoms with Gasteiger partial charge in [0.05, 0.1) is 18.3 Å². The summed E-state index contributed by atoms with van der Waals surface area (Å²) in [6.07, 6.45) is 0.681. The van der Waals surface area contributed by atoms with Crippen LogP contribution in [0.15, 0.2) is 23.2 Å². The zero-order valence-corrected chi connectivity index (χ0v) is 15.9. The van der Waals surface area contributed by atoms with Crippen LogP contribution in [0.25, 0.3) is 0 Å². The van der Waals surface area contributed by atoms with Gasteiger partial charge in [0.25, 0.3) is 0 Å². The first-order valence-corrected chi connectivity index (χ1v) is 10.2. The van der Waals surface area contributed by atoms with Crippen molar-refractivity contribution >= 4 is 16.0 Å². The minimum absolute atomic E-state index is 0.122. The highest BCUT2D eigenvalue weighted by molar-refractivity contribution is 7.89. The molecule has 1 unspecified atom stereocenters. The molecule has 0 aliphatic carbocycles. The van der Waals surface area contributed by atoms with Gasteiger partial charge in [-0.15, -0.1) is 0 Å². The van der Waals surface area contributed by atoms with Crippen molar-refractivity contribution in [1.82, 2.24) is 14.9 Å². The van der Waals surface area contributed by atoms with E-state index in [2.05, 4.69) is 15.6 Å². The highest BCUT2D eigenvalue weighted by atomic mass is 32.2. The molecule has 0 bridgehead atoms. The largest absolute Gasteiger partial charge is 0.357 e. The summed E-state index contributed by atoms with van der Waals surface area (Å²) in [6.45, 7) is 7.63. The van der Waals surface area contributed by atoms with Gasteiger partial charge in [-0.25, -0.2) is 17.1 Å². The van der Waals surface area contributed by atoms with Crippen LogP contribution < -0.4 is 10.6 Å². The third-order valence-corrected chi connectivity index (χ3v) is 6.17. The van der Waals surface area contributed by atoms with Crippen LogP contribution in [0.4, 0.5) is 4.39 Å². The third-order valence-electron chi connectivity index (χ3n) is 4.22. The van der Waals surface area contributed by atoms with E-state index < -0.39 is 10.0 Å². The Morgan fingerprint density at radius 1 is 1.44 bits per heavy atom. The zero-order valence-electron chi connectivity index (χ0n) is 15.0. The number of aliphatic imine (C=N–C) groups is 1.